The van der Waals surface area contributed by atoms with E-state index >= 15 is 0 Å². The van der Waals surface area contributed by atoms with Crippen LogP contribution in [-0.2, 0) is 10.3 Å². The van der Waals surface area contributed by atoms with Gasteiger partial charge >= 0.3 is 5.97 Å². The first-order valence-corrected chi connectivity index (χ1v) is 6.47. The number of aromatic nitrogens is 1. The largest absolute Gasteiger partial charge is 0.479 e. The fourth-order valence-corrected chi connectivity index (χ4v) is 1.92. The van der Waals surface area contributed by atoms with E-state index in [2.05, 4.69) is 10.3 Å². The SMILES string of the molecule is Cc1ccc(C(=O)NC(C)(C(=O)O)c2ccccc2)cn1. The second-order valence-corrected chi connectivity index (χ2v) is 4.94. The molecule has 21 heavy (non-hydrogen) atoms. The van der Waals surface area contributed by atoms with Crippen LogP contribution in [0.5, 0.6) is 0 Å². The van der Waals surface area contributed by atoms with E-state index in [0.29, 0.717) is 11.1 Å². The molecule has 2 rings (SSSR count). The van der Waals surface area contributed by atoms with Crippen LogP contribution in [-0.4, -0.2) is 22.0 Å². The number of rotatable bonds is 4. The van der Waals surface area contributed by atoms with Gasteiger partial charge in [-0.25, -0.2) is 4.79 Å². The molecule has 0 fully saturated rings. The van der Waals surface area contributed by atoms with Crippen molar-refractivity contribution in [2.75, 3.05) is 0 Å². The number of nitrogens with zero attached hydrogens (tertiary/aromatic N) is 1. The lowest BCUT2D eigenvalue weighted by atomic mass is 9.91. The maximum Gasteiger partial charge on any atom is 0.333 e. The summed E-state index contributed by atoms with van der Waals surface area (Å²) in [6.45, 7) is 3.28. The molecule has 2 N–H and O–H groups in total. The highest BCUT2D eigenvalue weighted by Crippen LogP contribution is 2.21. The number of pyridine rings is 1. The lowest BCUT2D eigenvalue weighted by Gasteiger charge is -2.26. The van der Waals surface area contributed by atoms with Gasteiger partial charge in [-0.2, -0.15) is 0 Å². The summed E-state index contributed by atoms with van der Waals surface area (Å²) in [4.78, 5) is 27.9. The molecule has 1 aromatic heterocycles. The van der Waals surface area contributed by atoms with E-state index in [1.807, 2.05) is 6.92 Å². The number of carboxylic acid groups (broad SMARTS) is 1. The number of aryl methyl sites for hydroxylation is 1. The molecular weight excluding hydrogens is 268 g/mol. The van der Waals surface area contributed by atoms with Gasteiger partial charge in [-0.3, -0.25) is 9.78 Å². The van der Waals surface area contributed by atoms with Crippen molar-refractivity contribution in [1.29, 1.82) is 0 Å². The molecule has 0 spiro atoms. The predicted octanol–water partition coefficient (Wildman–Crippen LogP) is 2.12. The highest BCUT2D eigenvalue weighted by atomic mass is 16.4. The van der Waals surface area contributed by atoms with Crippen molar-refractivity contribution in [3.8, 4) is 0 Å². The zero-order chi connectivity index (χ0) is 15.5. The van der Waals surface area contributed by atoms with E-state index in [1.165, 1.54) is 13.1 Å². The van der Waals surface area contributed by atoms with Crippen molar-refractivity contribution in [3.63, 3.8) is 0 Å². The molecule has 0 aliphatic carbocycles. The Morgan fingerprint density at radius 1 is 1.14 bits per heavy atom. The number of carboxylic acids is 1. The number of nitrogens with one attached hydrogen (secondary N) is 1. The van der Waals surface area contributed by atoms with E-state index in [1.54, 1.807) is 42.5 Å². The van der Waals surface area contributed by atoms with E-state index in [-0.39, 0.29) is 0 Å². The highest BCUT2D eigenvalue weighted by molar-refractivity contribution is 5.97. The van der Waals surface area contributed by atoms with Crippen LogP contribution < -0.4 is 5.32 Å². The maximum atomic E-state index is 12.2. The second-order valence-electron chi connectivity index (χ2n) is 4.94. The first-order chi connectivity index (χ1) is 9.93. The van der Waals surface area contributed by atoms with Gasteiger partial charge in [0, 0.05) is 11.9 Å². The number of carbonyl (C=O) groups excluding carboxylic acids is 1. The number of aliphatic carboxylic acids is 1. The Labute approximate surface area is 122 Å². The lowest BCUT2D eigenvalue weighted by molar-refractivity contribution is -0.144. The number of benzene rings is 1. The first kappa shape index (κ1) is 14.7. The first-order valence-electron chi connectivity index (χ1n) is 6.47. The average Bonchev–Trinajstić information content (AvgIpc) is 2.48. The lowest BCUT2D eigenvalue weighted by Crippen LogP contribution is -2.49. The summed E-state index contributed by atoms with van der Waals surface area (Å²) in [6.07, 6.45) is 1.43. The van der Waals surface area contributed by atoms with Gasteiger partial charge in [0.15, 0.2) is 5.54 Å². The molecule has 1 aromatic carbocycles. The maximum absolute atomic E-state index is 12.2. The minimum Gasteiger partial charge on any atom is -0.479 e. The zero-order valence-electron chi connectivity index (χ0n) is 11.8. The Hall–Kier alpha value is -2.69. The van der Waals surface area contributed by atoms with Crippen LogP contribution in [0.4, 0.5) is 0 Å². The van der Waals surface area contributed by atoms with Gasteiger partial charge < -0.3 is 10.4 Å². The van der Waals surface area contributed by atoms with E-state index in [4.69, 9.17) is 0 Å². The molecule has 1 unspecified atom stereocenters. The molecule has 0 saturated carbocycles. The Bertz CT molecular complexity index is 653. The summed E-state index contributed by atoms with van der Waals surface area (Å²) in [7, 11) is 0. The number of carbonyl (C=O) groups is 2. The van der Waals surface area contributed by atoms with Gasteiger partial charge in [0.2, 0.25) is 0 Å². The van der Waals surface area contributed by atoms with Crippen LogP contribution in [0.25, 0.3) is 0 Å². The molecule has 0 saturated heterocycles. The van der Waals surface area contributed by atoms with Crippen molar-refractivity contribution >= 4 is 11.9 Å². The molecule has 108 valence electrons. The number of hydrogen-bond acceptors (Lipinski definition) is 3. The van der Waals surface area contributed by atoms with Crippen LogP contribution in [0, 0.1) is 6.92 Å². The molecule has 2 aromatic rings. The Kier molecular flexibility index (Phi) is 4.03. The average molecular weight is 284 g/mol. The third-order valence-corrected chi connectivity index (χ3v) is 3.32. The van der Waals surface area contributed by atoms with Gasteiger partial charge in [-0.05, 0) is 31.5 Å². The fourth-order valence-electron chi connectivity index (χ4n) is 1.92. The molecule has 0 aliphatic heterocycles. The van der Waals surface area contributed by atoms with Crippen LogP contribution >= 0.6 is 0 Å². The summed E-state index contributed by atoms with van der Waals surface area (Å²) in [5.41, 5.74) is 0.119. The molecule has 5 nitrogen and oxygen atoms in total. The van der Waals surface area contributed by atoms with Gasteiger partial charge in [0.25, 0.3) is 5.91 Å². The second kappa shape index (κ2) is 5.75. The van der Waals surface area contributed by atoms with Crippen molar-refractivity contribution in [2.24, 2.45) is 0 Å². The summed E-state index contributed by atoms with van der Waals surface area (Å²) in [5, 5.41) is 12.1. The molecule has 1 atom stereocenters. The smallest absolute Gasteiger partial charge is 0.333 e. The van der Waals surface area contributed by atoms with Crippen LogP contribution in [0.3, 0.4) is 0 Å². The summed E-state index contributed by atoms with van der Waals surface area (Å²) < 4.78 is 0. The number of hydrogen-bond donors (Lipinski definition) is 2. The predicted molar refractivity (Wildman–Crippen MR) is 77.9 cm³/mol. The van der Waals surface area contributed by atoms with Gasteiger partial charge in [-0.15, -0.1) is 0 Å². The molecule has 1 amide bonds. The van der Waals surface area contributed by atoms with E-state index < -0.39 is 17.4 Å². The topological polar surface area (TPSA) is 79.3 Å². The molecule has 1 heterocycles. The monoisotopic (exact) mass is 284 g/mol. The fraction of sp³-hybridized carbons (Fsp3) is 0.188. The molecule has 0 aliphatic rings. The Balaban J connectivity index is 2.31. The molecule has 5 heteroatoms. The van der Waals surface area contributed by atoms with E-state index in [0.717, 1.165) is 5.69 Å². The Morgan fingerprint density at radius 2 is 1.81 bits per heavy atom. The van der Waals surface area contributed by atoms with Crippen molar-refractivity contribution < 1.29 is 14.7 Å². The standard InChI is InChI=1S/C16H16N2O3/c1-11-8-9-12(10-17-11)14(19)18-16(2,15(20)21)13-6-4-3-5-7-13/h3-10H,1-2H3,(H,18,19)(H,20,21). The van der Waals surface area contributed by atoms with Gasteiger partial charge in [0.1, 0.15) is 0 Å². The third kappa shape index (κ3) is 3.08. The zero-order valence-corrected chi connectivity index (χ0v) is 11.8. The highest BCUT2D eigenvalue weighted by Gasteiger charge is 2.37. The summed E-state index contributed by atoms with van der Waals surface area (Å²) in [5.74, 6) is -1.60. The van der Waals surface area contributed by atoms with Crippen LogP contribution in [0.1, 0.15) is 28.5 Å². The Morgan fingerprint density at radius 3 is 2.33 bits per heavy atom. The van der Waals surface area contributed by atoms with E-state index in [9.17, 15) is 14.7 Å². The van der Waals surface area contributed by atoms with Crippen LogP contribution in [0.15, 0.2) is 48.7 Å². The number of amides is 1. The van der Waals surface area contributed by atoms with Crippen LogP contribution in [0.2, 0.25) is 0 Å². The quantitative estimate of drug-likeness (QED) is 0.901. The molecule has 0 bridgehead atoms. The third-order valence-electron chi connectivity index (χ3n) is 3.32. The van der Waals surface area contributed by atoms with Crippen molar-refractivity contribution in [2.45, 2.75) is 19.4 Å². The minimum absolute atomic E-state index is 0.323. The van der Waals surface area contributed by atoms with Crippen molar-refractivity contribution in [3.05, 3.63) is 65.5 Å². The van der Waals surface area contributed by atoms with Gasteiger partial charge in [-0.1, -0.05) is 30.3 Å². The molecular formula is C16H16N2O3. The summed E-state index contributed by atoms with van der Waals surface area (Å²) in [6, 6.07) is 11.9. The molecule has 0 radical (unpaired) electrons. The van der Waals surface area contributed by atoms with Gasteiger partial charge in [0.05, 0.1) is 5.56 Å². The normalized spacial score (nSPS) is 13.2. The summed E-state index contributed by atoms with van der Waals surface area (Å²) >= 11 is 0. The van der Waals surface area contributed by atoms with Crippen molar-refractivity contribution in [1.82, 2.24) is 10.3 Å². The minimum atomic E-state index is -1.50.